The van der Waals surface area contributed by atoms with E-state index >= 15 is 0 Å². The maximum atomic E-state index is 12.6. The van der Waals surface area contributed by atoms with Crippen LogP contribution in [0, 0.1) is 0 Å². The number of nitrogens with one attached hydrogen (secondary N) is 1. The number of nitrogens with zero attached hydrogens (tertiary/aromatic N) is 2. The molecule has 7 nitrogen and oxygen atoms in total. The number of hydrogen-bond donors (Lipinski definition) is 2. The zero-order valence-corrected chi connectivity index (χ0v) is 14.9. The molecule has 1 amide bonds. The smallest absolute Gasteiger partial charge is 0.323 e. The lowest BCUT2D eigenvalue weighted by molar-refractivity contribution is -0.137. The molecule has 2 aromatic rings. The monoisotopic (exact) mass is 375 g/mol. The Morgan fingerprint density at radius 2 is 1.96 bits per heavy atom. The SMILES string of the molecule is C=Nc1c(CC)cc(C(=O)NCc2ccc(Cl)cc2)c(=O)n1CC(=O)O. The number of aryl methyl sites for hydroxylation is 1. The number of rotatable bonds is 7. The first-order valence-corrected chi connectivity index (χ1v) is 8.23. The fourth-order valence-electron chi connectivity index (χ4n) is 2.49. The van der Waals surface area contributed by atoms with Crippen molar-refractivity contribution in [2.75, 3.05) is 0 Å². The van der Waals surface area contributed by atoms with E-state index in [0.717, 1.165) is 10.1 Å². The Morgan fingerprint density at radius 1 is 1.31 bits per heavy atom. The third kappa shape index (κ3) is 4.37. The van der Waals surface area contributed by atoms with E-state index in [2.05, 4.69) is 17.0 Å². The molecule has 0 aliphatic heterocycles. The Bertz CT molecular complexity index is 904. The lowest BCUT2D eigenvalue weighted by atomic mass is 10.1. The number of carbonyl (C=O) groups is 2. The average molecular weight is 376 g/mol. The molecule has 0 fully saturated rings. The largest absolute Gasteiger partial charge is 0.480 e. The van der Waals surface area contributed by atoms with Crippen molar-refractivity contribution >= 4 is 36.0 Å². The number of pyridine rings is 1. The molecule has 1 aromatic heterocycles. The van der Waals surface area contributed by atoms with Gasteiger partial charge in [-0.25, -0.2) is 4.99 Å². The third-order valence-corrected chi connectivity index (χ3v) is 4.02. The Labute approximate surface area is 154 Å². The van der Waals surface area contributed by atoms with Crippen LogP contribution in [0.2, 0.25) is 5.02 Å². The second-order valence-electron chi connectivity index (χ2n) is 5.51. The number of aromatic nitrogens is 1. The van der Waals surface area contributed by atoms with Crippen molar-refractivity contribution in [1.82, 2.24) is 9.88 Å². The molecule has 0 unspecified atom stereocenters. The summed E-state index contributed by atoms with van der Waals surface area (Å²) in [5, 5.41) is 12.3. The first-order valence-electron chi connectivity index (χ1n) is 7.85. The molecule has 26 heavy (non-hydrogen) atoms. The second-order valence-corrected chi connectivity index (χ2v) is 5.95. The molecular formula is C18H18ClN3O4. The molecule has 0 spiro atoms. The molecule has 0 saturated carbocycles. The van der Waals surface area contributed by atoms with Crippen LogP contribution in [0.1, 0.15) is 28.4 Å². The minimum Gasteiger partial charge on any atom is -0.480 e. The van der Waals surface area contributed by atoms with Crippen LogP contribution in [-0.2, 0) is 24.3 Å². The number of carboxylic acid groups (broad SMARTS) is 1. The van der Waals surface area contributed by atoms with Gasteiger partial charge in [0.1, 0.15) is 17.9 Å². The lowest BCUT2D eigenvalue weighted by Gasteiger charge is -2.14. The average Bonchev–Trinajstić information content (AvgIpc) is 2.62. The van der Waals surface area contributed by atoms with E-state index in [1.807, 2.05) is 6.92 Å². The third-order valence-electron chi connectivity index (χ3n) is 3.77. The zero-order chi connectivity index (χ0) is 19.3. The number of benzene rings is 1. The van der Waals surface area contributed by atoms with E-state index < -0.39 is 24.0 Å². The van der Waals surface area contributed by atoms with Crippen LogP contribution in [0.5, 0.6) is 0 Å². The summed E-state index contributed by atoms with van der Waals surface area (Å²) in [6, 6.07) is 8.34. The fraction of sp³-hybridized carbons (Fsp3) is 0.222. The highest BCUT2D eigenvalue weighted by molar-refractivity contribution is 6.30. The van der Waals surface area contributed by atoms with E-state index in [9.17, 15) is 14.4 Å². The maximum Gasteiger partial charge on any atom is 0.323 e. The van der Waals surface area contributed by atoms with E-state index in [1.165, 1.54) is 6.07 Å². The number of amides is 1. The minimum absolute atomic E-state index is 0.135. The molecule has 136 valence electrons. The van der Waals surface area contributed by atoms with Gasteiger partial charge in [-0.15, -0.1) is 0 Å². The van der Waals surface area contributed by atoms with E-state index in [4.69, 9.17) is 16.7 Å². The van der Waals surface area contributed by atoms with Gasteiger partial charge >= 0.3 is 5.97 Å². The first-order chi connectivity index (χ1) is 12.4. The molecule has 0 aliphatic carbocycles. The number of carboxylic acids is 1. The highest BCUT2D eigenvalue weighted by Gasteiger charge is 2.19. The summed E-state index contributed by atoms with van der Waals surface area (Å²) in [6.45, 7) is 4.81. The molecule has 0 saturated heterocycles. The van der Waals surface area contributed by atoms with E-state index in [-0.39, 0.29) is 17.9 Å². The first kappa shape index (κ1) is 19.4. The summed E-state index contributed by atoms with van der Waals surface area (Å²) in [7, 11) is 0. The highest BCUT2D eigenvalue weighted by atomic mass is 35.5. The molecule has 2 N–H and O–H groups in total. The molecule has 0 atom stereocenters. The Balaban J connectivity index is 2.36. The molecule has 0 radical (unpaired) electrons. The number of aliphatic carboxylic acids is 1. The molecule has 0 aliphatic rings. The second kappa shape index (κ2) is 8.44. The van der Waals surface area contributed by atoms with Crippen molar-refractivity contribution < 1.29 is 14.7 Å². The van der Waals surface area contributed by atoms with Gasteiger partial charge in [-0.2, -0.15) is 0 Å². The van der Waals surface area contributed by atoms with Crippen molar-refractivity contribution in [3.8, 4) is 0 Å². The van der Waals surface area contributed by atoms with E-state index in [1.54, 1.807) is 24.3 Å². The topological polar surface area (TPSA) is 101 Å². The molecule has 1 aromatic carbocycles. The van der Waals surface area contributed by atoms with Crippen molar-refractivity contribution in [2.45, 2.75) is 26.4 Å². The predicted molar refractivity (Wildman–Crippen MR) is 99.5 cm³/mol. The van der Waals surface area contributed by atoms with Crippen molar-refractivity contribution in [3.63, 3.8) is 0 Å². The fourth-order valence-corrected chi connectivity index (χ4v) is 2.61. The number of hydrogen-bond acceptors (Lipinski definition) is 4. The van der Waals surface area contributed by atoms with Gasteiger partial charge in [0, 0.05) is 11.6 Å². The van der Waals surface area contributed by atoms with Gasteiger partial charge in [0.2, 0.25) is 0 Å². The van der Waals surface area contributed by atoms with Crippen LogP contribution in [-0.4, -0.2) is 28.3 Å². The molecule has 1 heterocycles. The van der Waals surface area contributed by atoms with Crippen LogP contribution >= 0.6 is 11.6 Å². The van der Waals surface area contributed by atoms with Gasteiger partial charge in [0.25, 0.3) is 11.5 Å². The summed E-state index contributed by atoms with van der Waals surface area (Å²) in [6.07, 6.45) is 0.464. The molecule has 2 rings (SSSR count). The lowest BCUT2D eigenvalue weighted by Crippen LogP contribution is -2.34. The van der Waals surface area contributed by atoms with Crippen LogP contribution < -0.4 is 10.9 Å². The van der Waals surface area contributed by atoms with Crippen LogP contribution in [0.4, 0.5) is 5.82 Å². The maximum absolute atomic E-state index is 12.6. The number of aliphatic imine (C=N–C) groups is 1. The summed E-state index contributed by atoms with van der Waals surface area (Å²) in [5.74, 6) is -1.64. The number of halogens is 1. The zero-order valence-electron chi connectivity index (χ0n) is 14.2. The highest BCUT2D eigenvalue weighted by Crippen LogP contribution is 2.19. The van der Waals surface area contributed by atoms with Crippen LogP contribution in [0.3, 0.4) is 0 Å². The summed E-state index contributed by atoms with van der Waals surface area (Å²) >= 11 is 5.82. The standard InChI is InChI=1S/C18H18ClN3O4/c1-3-12-8-14(18(26)22(10-15(23)24)16(12)20-2)17(25)21-9-11-4-6-13(19)7-5-11/h4-8H,2-3,9-10H2,1H3,(H,21,25)(H,23,24). The van der Waals surface area contributed by atoms with Gasteiger partial charge in [-0.1, -0.05) is 30.7 Å². The molecule has 8 heteroatoms. The Morgan fingerprint density at radius 3 is 2.50 bits per heavy atom. The summed E-state index contributed by atoms with van der Waals surface area (Å²) in [4.78, 5) is 39.9. The van der Waals surface area contributed by atoms with Gasteiger partial charge in [-0.3, -0.25) is 19.0 Å². The van der Waals surface area contributed by atoms with Crippen molar-refractivity contribution in [1.29, 1.82) is 0 Å². The van der Waals surface area contributed by atoms with Crippen molar-refractivity contribution in [3.05, 3.63) is 62.4 Å². The normalized spacial score (nSPS) is 10.4. The predicted octanol–water partition coefficient (Wildman–Crippen LogP) is 2.41. The van der Waals surface area contributed by atoms with Crippen LogP contribution in [0.15, 0.2) is 40.1 Å². The number of carbonyl (C=O) groups excluding carboxylic acids is 1. The quantitative estimate of drug-likeness (QED) is 0.725. The molecule has 0 bridgehead atoms. The minimum atomic E-state index is -1.21. The summed E-state index contributed by atoms with van der Waals surface area (Å²) in [5.41, 5.74) is 0.524. The Kier molecular flexibility index (Phi) is 6.30. The van der Waals surface area contributed by atoms with Crippen LogP contribution in [0.25, 0.3) is 0 Å². The Hall–Kier alpha value is -2.93. The summed E-state index contributed by atoms with van der Waals surface area (Å²) < 4.78 is 0.950. The van der Waals surface area contributed by atoms with Gasteiger partial charge in [0.05, 0.1) is 0 Å². The van der Waals surface area contributed by atoms with Gasteiger partial charge in [-0.05, 0) is 42.5 Å². The van der Waals surface area contributed by atoms with Crippen molar-refractivity contribution in [2.24, 2.45) is 4.99 Å². The van der Waals surface area contributed by atoms with Gasteiger partial charge < -0.3 is 10.4 Å². The van der Waals surface area contributed by atoms with Gasteiger partial charge in [0.15, 0.2) is 0 Å². The van der Waals surface area contributed by atoms with E-state index in [0.29, 0.717) is 17.0 Å². The molecular weight excluding hydrogens is 358 g/mol.